The van der Waals surface area contributed by atoms with Gasteiger partial charge in [0.05, 0.1) is 21.6 Å². The summed E-state index contributed by atoms with van der Waals surface area (Å²) in [6.07, 6.45) is 0.413. The Balaban J connectivity index is 1.41. The second-order valence-electron chi connectivity index (χ2n) is 9.29. The molecule has 0 radical (unpaired) electrons. The number of amides is 1. The van der Waals surface area contributed by atoms with Crippen LogP contribution < -0.4 is 5.32 Å². The average Bonchev–Trinajstić information content (AvgIpc) is 3.33. The summed E-state index contributed by atoms with van der Waals surface area (Å²) in [5, 5.41) is 22.0. The van der Waals surface area contributed by atoms with E-state index < -0.39 is 4.75 Å². The monoisotopic (exact) mass is 506 g/mol. The van der Waals surface area contributed by atoms with E-state index in [1.165, 1.54) is 0 Å². The highest BCUT2D eigenvalue weighted by molar-refractivity contribution is 8.01. The zero-order valence-electron chi connectivity index (χ0n) is 20.3. The van der Waals surface area contributed by atoms with E-state index in [9.17, 15) is 9.90 Å². The molecule has 7 heteroatoms. The number of fused-ring (bicyclic) bond motifs is 1. The molecule has 6 nitrogen and oxygen atoms in total. The fourth-order valence-electron chi connectivity index (χ4n) is 5.15. The van der Waals surface area contributed by atoms with E-state index in [1.54, 1.807) is 23.5 Å². The number of nitrogens with zero attached hydrogens (tertiary/aromatic N) is 3. The van der Waals surface area contributed by atoms with Crippen molar-refractivity contribution in [2.45, 2.75) is 16.5 Å². The molecule has 37 heavy (non-hydrogen) atoms. The molecule has 1 fully saturated rings. The summed E-state index contributed by atoms with van der Waals surface area (Å²) in [6, 6.07) is 35.1. The molecule has 4 aromatic carbocycles. The van der Waals surface area contributed by atoms with E-state index >= 15 is 0 Å². The lowest BCUT2D eigenvalue weighted by Gasteiger charge is -2.44. The number of aryl methyl sites for hydroxylation is 1. The van der Waals surface area contributed by atoms with Crippen molar-refractivity contribution >= 4 is 28.7 Å². The number of rotatable bonds is 7. The second-order valence-corrected chi connectivity index (χ2v) is 10.6. The van der Waals surface area contributed by atoms with Crippen molar-refractivity contribution in [2.24, 2.45) is 13.0 Å². The molecule has 1 amide bonds. The van der Waals surface area contributed by atoms with Gasteiger partial charge >= 0.3 is 0 Å². The quantitative estimate of drug-likeness (QED) is 0.240. The van der Waals surface area contributed by atoms with Gasteiger partial charge in [-0.1, -0.05) is 102 Å². The highest BCUT2D eigenvalue weighted by Gasteiger charge is 2.48. The van der Waals surface area contributed by atoms with Crippen LogP contribution in [0.1, 0.15) is 22.3 Å². The van der Waals surface area contributed by atoms with Crippen molar-refractivity contribution in [3.63, 3.8) is 0 Å². The lowest BCUT2D eigenvalue weighted by Crippen LogP contribution is -2.58. The Bertz CT molecular complexity index is 1460. The van der Waals surface area contributed by atoms with Crippen LogP contribution in [0.2, 0.25) is 0 Å². The number of benzene rings is 4. The number of nitrogens with one attached hydrogen (secondary N) is 1. The van der Waals surface area contributed by atoms with E-state index in [0.717, 1.165) is 22.2 Å². The van der Waals surface area contributed by atoms with Gasteiger partial charge in [-0.3, -0.25) is 4.79 Å². The summed E-state index contributed by atoms with van der Waals surface area (Å²) in [7, 11) is 1.79. The van der Waals surface area contributed by atoms with Crippen LogP contribution in [0.5, 0.6) is 5.75 Å². The van der Waals surface area contributed by atoms with E-state index in [4.69, 9.17) is 0 Å². The highest BCUT2D eigenvalue weighted by Crippen LogP contribution is 2.52. The average molecular weight is 507 g/mol. The number of phenols is 1. The summed E-state index contributed by atoms with van der Waals surface area (Å²) < 4.78 is 1.08. The van der Waals surface area contributed by atoms with Gasteiger partial charge in [-0.2, -0.15) is 0 Å². The molecule has 2 unspecified atom stereocenters. The number of carbonyl (C=O) groups excluding carboxylic acids is 1. The van der Waals surface area contributed by atoms with Crippen molar-refractivity contribution in [3.8, 4) is 5.75 Å². The molecule has 0 aliphatic carbocycles. The largest absolute Gasteiger partial charge is 0.505 e. The van der Waals surface area contributed by atoms with Gasteiger partial charge in [0, 0.05) is 7.05 Å². The summed E-state index contributed by atoms with van der Waals surface area (Å²) in [4.78, 5) is 12.9. The van der Waals surface area contributed by atoms with Crippen molar-refractivity contribution in [3.05, 3.63) is 125 Å². The first-order chi connectivity index (χ1) is 18.1. The number of carbonyl (C=O) groups is 1. The summed E-state index contributed by atoms with van der Waals surface area (Å²) in [5.41, 5.74) is 5.32. The van der Waals surface area contributed by atoms with Crippen molar-refractivity contribution in [1.29, 1.82) is 0 Å². The van der Waals surface area contributed by atoms with Gasteiger partial charge in [-0.05, 0) is 34.7 Å². The zero-order valence-corrected chi connectivity index (χ0v) is 21.1. The van der Waals surface area contributed by atoms with Crippen molar-refractivity contribution < 1.29 is 9.90 Å². The van der Waals surface area contributed by atoms with Gasteiger partial charge in [0.15, 0.2) is 5.52 Å². The maximum Gasteiger partial charge on any atom is 0.227 e. The molecule has 2 heterocycles. The van der Waals surface area contributed by atoms with Gasteiger partial charge in [0.2, 0.25) is 5.91 Å². The SMILES string of the molecule is Cn1nnc2c(O)c(CC3C(=O)NC3SC(c3ccccc3)(c3ccccc3)c3ccccc3)ccc21. The van der Waals surface area contributed by atoms with Crippen LogP contribution in [0.3, 0.4) is 0 Å². The van der Waals surface area contributed by atoms with Crippen LogP contribution in [0, 0.1) is 5.92 Å². The minimum atomic E-state index is -0.544. The molecule has 0 saturated carbocycles. The van der Waals surface area contributed by atoms with Crippen LogP contribution in [0.25, 0.3) is 11.0 Å². The smallest absolute Gasteiger partial charge is 0.227 e. The predicted octanol–water partition coefficient (Wildman–Crippen LogP) is 5.01. The minimum absolute atomic E-state index is 0.0146. The molecule has 184 valence electrons. The van der Waals surface area contributed by atoms with Crippen molar-refractivity contribution in [2.75, 3.05) is 0 Å². The Kier molecular flexibility index (Phi) is 5.93. The molecule has 2 atom stereocenters. The third-order valence-electron chi connectivity index (χ3n) is 7.11. The number of hydrogen-bond acceptors (Lipinski definition) is 5. The van der Waals surface area contributed by atoms with Crippen LogP contribution in [-0.2, 0) is 23.0 Å². The number of phenolic OH excluding ortho intramolecular Hbond substituents is 1. The lowest BCUT2D eigenvalue weighted by molar-refractivity contribution is -0.132. The molecule has 0 spiro atoms. The molecule has 1 aliphatic heterocycles. The number of aromatic hydroxyl groups is 1. The van der Waals surface area contributed by atoms with Crippen LogP contribution in [0.15, 0.2) is 103 Å². The number of hydrogen-bond donors (Lipinski definition) is 2. The van der Waals surface area contributed by atoms with Crippen molar-refractivity contribution in [1.82, 2.24) is 20.3 Å². The number of aromatic nitrogens is 3. The highest BCUT2D eigenvalue weighted by atomic mass is 32.2. The molecular formula is C30H26N4O2S. The molecule has 5 aromatic rings. The summed E-state index contributed by atoms with van der Waals surface area (Å²) in [5.74, 6) is -0.228. The predicted molar refractivity (Wildman–Crippen MR) is 146 cm³/mol. The lowest BCUT2D eigenvalue weighted by atomic mass is 9.84. The molecule has 1 saturated heterocycles. The second kappa shape index (κ2) is 9.41. The third-order valence-corrected chi connectivity index (χ3v) is 8.87. The summed E-state index contributed by atoms with van der Waals surface area (Å²) >= 11 is 1.74. The molecular weight excluding hydrogens is 480 g/mol. The van der Waals surface area contributed by atoms with Gasteiger partial charge in [0.25, 0.3) is 0 Å². The fourth-order valence-corrected chi connectivity index (χ4v) is 6.90. The molecule has 1 aromatic heterocycles. The van der Waals surface area contributed by atoms with Gasteiger partial charge in [-0.15, -0.1) is 16.9 Å². The Hall–Kier alpha value is -4.10. The molecule has 1 aliphatic rings. The summed E-state index contributed by atoms with van der Waals surface area (Å²) in [6.45, 7) is 0. The van der Waals surface area contributed by atoms with E-state index in [0.29, 0.717) is 17.5 Å². The van der Waals surface area contributed by atoms with Gasteiger partial charge < -0.3 is 10.4 Å². The Labute approximate surface area is 219 Å². The molecule has 2 N–H and O–H groups in total. The minimum Gasteiger partial charge on any atom is -0.505 e. The van der Waals surface area contributed by atoms with Crippen LogP contribution >= 0.6 is 11.8 Å². The Morgan fingerprint density at radius 2 is 1.41 bits per heavy atom. The fraction of sp³-hybridized carbons (Fsp3) is 0.167. The zero-order chi connectivity index (χ0) is 25.4. The number of thioether (sulfide) groups is 1. The molecule has 6 rings (SSSR count). The van der Waals surface area contributed by atoms with Gasteiger partial charge in [-0.25, -0.2) is 4.68 Å². The third kappa shape index (κ3) is 3.96. The molecule has 0 bridgehead atoms. The Morgan fingerprint density at radius 1 is 0.865 bits per heavy atom. The maximum atomic E-state index is 12.9. The van der Waals surface area contributed by atoms with Crippen LogP contribution in [-0.4, -0.2) is 31.4 Å². The van der Waals surface area contributed by atoms with Gasteiger partial charge in [0.1, 0.15) is 5.75 Å². The first kappa shape index (κ1) is 23.3. The van der Waals surface area contributed by atoms with E-state index in [2.05, 4.69) is 88.4 Å². The Morgan fingerprint density at radius 3 is 1.92 bits per heavy atom. The first-order valence-electron chi connectivity index (χ1n) is 12.2. The first-order valence-corrected chi connectivity index (χ1v) is 13.1. The maximum absolute atomic E-state index is 12.9. The normalized spacial score (nSPS) is 17.4. The standard InChI is InChI=1S/C30H26N4O2S/c1-34-25-18-17-20(27(35)26(25)32-33-34)19-24-28(36)31-29(24)37-30(21-11-5-2-6-12-21,22-13-7-3-8-14-22)23-15-9-4-10-16-23/h2-18,24,29,35H,19H2,1H3,(H,31,36). The van der Waals surface area contributed by atoms with Crippen LogP contribution in [0.4, 0.5) is 0 Å². The van der Waals surface area contributed by atoms with E-state index in [1.807, 2.05) is 30.3 Å². The number of β-lactam (4-membered cyclic amide) rings is 1. The topological polar surface area (TPSA) is 80.0 Å². The van der Waals surface area contributed by atoms with E-state index in [-0.39, 0.29) is 22.9 Å².